The number of halogens is 1. The third kappa shape index (κ3) is 4.02. The summed E-state index contributed by atoms with van der Waals surface area (Å²) in [5.41, 5.74) is 5.35. The molecule has 4 N–H and O–H groups in total. The number of nitrogens with two attached hydrogens (primary N) is 1. The average molecular weight is 318 g/mol. The molecule has 0 saturated heterocycles. The summed E-state index contributed by atoms with van der Waals surface area (Å²) in [5.74, 6) is 0. The fourth-order valence-corrected chi connectivity index (χ4v) is 1.79. The number of hydrogen-bond donors (Lipinski definition) is 3. The van der Waals surface area contributed by atoms with Crippen LogP contribution in [0, 0.1) is 0 Å². The summed E-state index contributed by atoms with van der Waals surface area (Å²) >= 11 is 3.23. The lowest BCUT2D eigenvalue weighted by molar-refractivity contribution is 0.249. The van der Waals surface area contributed by atoms with Crippen LogP contribution in [0.5, 0.6) is 0 Å². The maximum atomic E-state index is 11.8. The van der Waals surface area contributed by atoms with Gasteiger partial charge in [0.2, 0.25) is 0 Å². The number of urea groups is 1. The SMILES string of the molecule is CCCn1ncc(NCCNC(N)=O)c(Br)c1=O. The molecule has 18 heavy (non-hydrogen) atoms. The van der Waals surface area contributed by atoms with Gasteiger partial charge in [-0.15, -0.1) is 0 Å². The van der Waals surface area contributed by atoms with E-state index in [4.69, 9.17) is 5.73 Å². The molecule has 0 bridgehead atoms. The van der Waals surface area contributed by atoms with E-state index in [1.54, 1.807) is 6.20 Å². The molecule has 8 heteroatoms. The van der Waals surface area contributed by atoms with E-state index in [2.05, 4.69) is 31.7 Å². The van der Waals surface area contributed by atoms with E-state index in [0.29, 0.717) is 29.8 Å². The summed E-state index contributed by atoms with van der Waals surface area (Å²) < 4.78 is 1.83. The standard InChI is InChI=1S/C10H16BrN5O2/c1-2-5-16-9(17)8(11)7(6-15-16)13-3-4-14-10(12)18/h6,13H,2-5H2,1H3,(H3,12,14,18). The first-order chi connectivity index (χ1) is 8.56. The average Bonchev–Trinajstić information content (AvgIpc) is 2.33. The number of amides is 2. The van der Waals surface area contributed by atoms with Crippen molar-refractivity contribution >= 4 is 27.6 Å². The Bertz CT molecular complexity index is 474. The minimum absolute atomic E-state index is 0.176. The lowest BCUT2D eigenvalue weighted by Gasteiger charge is -2.10. The first-order valence-electron chi connectivity index (χ1n) is 5.59. The van der Waals surface area contributed by atoms with Crippen LogP contribution in [0.15, 0.2) is 15.5 Å². The molecule has 100 valence electrons. The van der Waals surface area contributed by atoms with Gasteiger partial charge in [-0.05, 0) is 22.4 Å². The number of aryl methyl sites for hydroxylation is 1. The van der Waals surface area contributed by atoms with Crippen LogP contribution < -0.4 is 21.9 Å². The van der Waals surface area contributed by atoms with Crippen LogP contribution in [-0.4, -0.2) is 28.9 Å². The molecule has 0 radical (unpaired) electrons. The Morgan fingerprint density at radius 1 is 1.56 bits per heavy atom. The molecule has 0 aromatic carbocycles. The summed E-state index contributed by atoms with van der Waals surface area (Å²) in [6.45, 7) is 3.39. The van der Waals surface area contributed by atoms with Gasteiger partial charge in [-0.3, -0.25) is 4.79 Å². The van der Waals surface area contributed by atoms with Crippen LogP contribution in [0.3, 0.4) is 0 Å². The van der Waals surface area contributed by atoms with Gasteiger partial charge in [0.15, 0.2) is 0 Å². The molecule has 2 amide bonds. The lowest BCUT2D eigenvalue weighted by atomic mass is 10.4. The van der Waals surface area contributed by atoms with Crippen molar-refractivity contribution in [1.82, 2.24) is 15.1 Å². The van der Waals surface area contributed by atoms with Crippen molar-refractivity contribution in [2.45, 2.75) is 19.9 Å². The minimum Gasteiger partial charge on any atom is -0.381 e. The zero-order valence-electron chi connectivity index (χ0n) is 10.1. The van der Waals surface area contributed by atoms with Crippen molar-refractivity contribution in [1.29, 1.82) is 0 Å². The summed E-state index contributed by atoms with van der Waals surface area (Å²) in [5, 5.41) is 9.47. The Kier molecular flexibility index (Phi) is 5.63. The molecule has 1 rings (SSSR count). The number of anilines is 1. The molecular formula is C10H16BrN5O2. The molecule has 1 aromatic rings. The highest BCUT2D eigenvalue weighted by molar-refractivity contribution is 9.10. The van der Waals surface area contributed by atoms with E-state index in [-0.39, 0.29) is 5.56 Å². The molecule has 0 aliphatic heterocycles. The van der Waals surface area contributed by atoms with E-state index in [0.717, 1.165) is 6.42 Å². The van der Waals surface area contributed by atoms with Crippen LogP contribution in [0.2, 0.25) is 0 Å². The highest BCUT2D eigenvalue weighted by Crippen LogP contribution is 2.15. The zero-order valence-corrected chi connectivity index (χ0v) is 11.7. The topological polar surface area (TPSA) is 102 Å². The van der Waals surface area contributed by atoms with Crippen molar-refractivity contribution in [2.75, 3.05) is 18.4 Å². The molecule has 0 aliphatic carbocycles. The highest BCUT2D eigenvalue weighted by atomic mass is 79.9. The van der Waals surface area contributed by atoms with Crippen molar-refractivity contribution in [3.63, 3.8) is 0 Å². The first kappa shape index (κ1) is 14.5. The number of nitrogens with zero attached hydrogens (tertiary/aromatic N) is 2. The van der Waals surface area contributed by atoms with Crippen LogP contribution in [-0.2, 0) is 6.54 Å². The van der Waals surface area contributed by atoms with Crippen LogP contribution in [0.4, 0.5) is 10.5 Å². The van der Waals surface area contributed by atoms with Gasteiger partial charge in [0.25, 0.3) is 5.56 Å². The molecular weight excluding hydrogens is 302 g/mol. The molecule has 7 nitrogen and oxygen atoms in total. The molecule has 1 aromatic heterocycles. The van der Waals surface area contributed by atoms with E-state index in [1.165, 1.54) is 4.68 Å². The molecule has 0 fully saturated rings. The number of rotatable bonds is 6. The Morgan fingerprint density at radius 3 is 2.89 bits per heavy atom. The van der Waals surface area contributed by atoms with Crippen molar-refractivity contribution in [2.24, 2.45) is 5.73 Å². The van der Waals surface area contributed by atoms with Gasteiger partial charge in [0, 0.05) is 19.6 Å². The van der Waals surface area contributed by atoms with Crippen molar-refractivity contribution < 1.29 is 4.79 Å². The number of primary amides is 1. The summed E-state index contributed by atoms with van der Waals surface area (Å²) in [6.07, 6.45) is 2.42. The predicted molar refractivity (Wildman–Crippen MR) is 72.6 cm³/mol. The fourth-order valence-electron chi connectivity index (χ4n) is 1.34. The van der Waals surface area contributed by atoms with Gasteiger partial charge in [0.1, 0.15) is 4.47 Å². The summed E-state index contributed by atoms with van der Waals surface area (Å²) in [7, 11) is 0. The van der Waals surface area contributed by atoms with Crippen LogP contribution in [0.1, 0.15) is 13.3 Å². The summed E-state index contributed by atoms with van der Waals surface area (Å²) in [6, 6.07) is -0.577. The first-order valence-corrected chi connectivity index (χ1v) is 6.38. The van der Waals surface area contributed by atoms with Gasteiger partial charge in [-0.25, -0.2) is 9.48 Å². The lowest BCUT2D eigenvalue weighted by Crippen LogP contribution is -2.33. The second-order valence-corrected chi connectivity index (χ2v) is 4.41. The third-order valence-electron chi connectivity index (χ3n) is 2.16. The zero-order chi connectivity index (χ0) is 13.5. The van der Waals surface area contributed by atoms with Crippen molar-refractivity contribution in [3.05, 3.63) is 21.0 Å². The molecule has 0 unspecified atom stereocenters. The van der Waals surface area contributed by atoms with Crippen LogP contribution in [0.25, 0.3) is 0 Å². The monoisotopic (exact) mass is 317 g/mol. The van der Waals surface area contributed by atoms with E-state index < -0.39 is 6.03 Å². The largest absolute Gasteiger partial charge is 0.381 e. The number of nitrogens with one attached hydrogen (secondary N) is 2. The maximum absolute atomic E-state index is 11.8. The Labute approximate surface area is 113 Å². The van der Waals surface area contributed by atoms with Gasteiger partial charge >= 0.3 is 6.03 Å². The van der Waals surface area contributed by atoms with Crippen molar-refractivity contribution in [3.8, 4) is 0 Å². The van der Waals surface area contributed by atoms with Gasteiger partial charge in [0.05, 0.1) is 11.9 Å². The number of carbonyl (C=O) groups excluding carboxylic acids is 1. The Morgan fingerprint density at radius 2 is 2.28 bits per heavy atom. The minimum atomic E-state index is -0.577. The van der Waals surface area contributed by atoms with E-state index in [1.807, 2.05) is 6.92 Å². The third-order valence-corrected chi connectivity index (χ3v) is 2.93. The number of hydrogen-bond acceptors (Lipinski definition) is 4. The number of carbonyl (C=O) groups is 1. The van der Waals surface area contributed by atoms with Gasteiger partial charge in [-0.1, -0.05) is 6.92 Å². The van der Waals surface area contributed by atoms with Gasteiger partial charge in [-0.2, -0.15) is 5.10 Å². The normalized spacial score (nSPS) is 10.1. The molecule has 0 saturated carbocycles. The molecule has 0 aliphatic rings. The van der Waals surface area contributed by atoms with E-state index >= 15 is 0 Å². The van der Waals surface area contributed by atoms with E-state index in [9.17, 15) is 9.59 Å². The highest BCUT2D eigenvalue weighted by Gasteiger charge is 2.07. The molecule has 0 spiro atoms. The predicted octanol–water partition coefficient (Wildman–Crippen LogP) is 0.496. The Hall–Kier alpha value is -1.57. The molecule has 0 atom stereocenters. The van der Waals surface area contributed by atoms with Crippen LogP contribution >= 0.6 is 15.9 Å². The quantitative estimate of drug-likeness (QED) is 0.665. The number of aromatic nitrogens is 2. The second kappa shape index (κ2) is 7.00. The maximum Gasteiger partial charge on any atom is 0.312 e. The fraction of sp³-hybridized carbons (Fsp3) is 0.500. The summed E-state index contributed by atoms with van der Waals surface area (Å²) in [4.78, 5) is 22.3. The Balaban J connectivity index is 2.65. The second-order valence-electron chi connectivity index (χ2n) is 3.62. The smallest absolute Gasteiger partial charge is 0.312 e. The molecule has 1 heterocycles. The van der Waals surface area contributed by atoms with Gasteiger partial charge < -0.3 is 16.4 Å².